The number of aromatic nitrogens is 3. The van der Waals surface area contributed by atoms with Gasteiger partial charge in [0.1, 0.15) is 6.54 Å². The van der Waals surface area contributed by atoms with Gasteiger partial charge in [-0.15, -0.1) is 5.10 Å². The van der Waals surface area contributed by atoms with Gasteiger partial charge in [-0.3, -0.25) is 9.36 Å². The van der Waals surface area contributed by atoms with Crippen LogP contribution in [0.5, 0.6) is 0 Å². The van der Waals surface area contributed by atoms with Crippen molar-refractivity contribution in [2.45, 2.75) is 50.9 Å². The van der Waals surface area contributed by atoms with Crippen LogP contribution in [0.1, 0.15) is 43.9 Å². The summed E-state index contributed by atoms with van der Waals surface area (Å²) in [5, 5.41) is 7.59. The molecule has 1 fully saturated rings. The van der Waals surface area contributed by atoms with E-state index in [1.54, 1.807) is 42.7 Å². The van der Waals surface area contributed by atoms with Gasteiger partial charge in [-0.05, 0) is 48.7 Å². The summed E-state index contributed by atoms with van der Waals surface area (Å²) in [4.78, 5) is 25.6. The number of amides is 1. The lowest BCUT2D eigenvalue weighted by molar-refractivity contribution is -0.138. The zero-order valence-electron chi connectivity index (χ0n) is 18.7. The Balaban J connectivity index is 1.51. The molecule has 0 saturated heterocycles. The van der Waals surface area contributed by atoms with Gasteiger partial charge < -0.3 is 5.32 Å². The maximum absolute atomic E-state index is 13.4. The van der Waals surface area contributed by atoms with Crippen molar-refractivity contribution in [2.75, 3.05) is 6.54 Å². The van der Waals surface area contributed by atoms with Gasteiger partial charge in [0.05, 0.1) is 5.56 Å². The van der Waals surface area contributed by atoms with Crippen LogP contribution in [0.3, 0.4) is 0 Å². The molecule has 1 saturated carbocycles. The molecule has 34 heavy (non-hydrogen) atoms. The van der Waals surface area contributed by atoms with E-state index in [2.05, 4.69) is 10.4 Å². The van der Waals surface area contributed by atoms with Gasteiger partial charge in [0.2, 0.25) is 5.91 Å². The average Bonchev–Trinajstić information content (AvgIpc) is 3.57. The lowest BCUT2D eigenvalue weighted by Gasteiger charge is -2.28. The van der Waals surface area contributed by atoms with Crippen molar-refractivity contribution in [3.8, 4) is 11.4 Å². The fraction of sp³-hybridized carbons (Fsp3) is 0.375. The third-order valence-corrected chi connectivity index (χ3v) is 6.12. The third kappa shape index (κ3) is 5.04. The number of hydrogen-bond donors (Lipinski definition) is 1. The van der Waals surface area contributed by atoms with Crippen molar-refractivity contribution in [3.63, 3.8) is 0 Å². The van der Waals surface area contributed by atoms with Gasteiger partial charge in [-0.2, -0.15) is 13.2 Å². The first kappa shape index (κ1) is 24.1. The summed E-state index contributed by atoms with van der Waals surface area (Å²) in [5.41, 5.74) is -1.33. The number of rotatable bonds is 7. The van der Waals surface area contributed by atoms with Crippen molar-refractivity contribution >= 4 is 17.5 Å². The van der Waals surface area contributed by atoms with E-state index in [1.165, 1.54) is 18.2 Å². The molecule has 0 bridgehead atoms. The zero-order chi connectivity index (χ0) is 24.7. The second kappa shape index (κ2) is 8.94. The molecule has 6 nitrogen and oxygen atoms in total. The second-order valence-corrected chi connectivity index (χ2v) is 9.51. The van der Waals surface area contributed by atoms with Crippen molar-refractivity contribution in [1.29, 1.82) is 0 Å². The maximum Gasteiger partial charge on any atom is 0.416 e. The van der Waals surface area contributed by atoms with Crippen molar-refractivity contribution in [3.05, 3.63) is 75.2 Å². The topological polar surface area (TPSA) is 68.9 Å². The van der Waals surface area contributed by atoms with E-state index in [4.69, 9.17) is 11.6 Å². The molecular formula is C24H24ClF3N4O2. The van der Waals surface area contributed by atoms with Crippen LogP contribution in [0.4, 0.5) is 13.2 Å². The maximum atomic E-state index is 13.4. The fourth-order valence-electron chi connectivity index (χ4n) is 3.91. The summed E-state index contributed by atoms with van der Waals surface area (Å²) in [6.07, 6.45) is -2.80. The summed E-state index contributed by atoms with van der Waals surface area (Å²) in [6.45, 7) is 2.88. The number of carbonyl (C=O) groups excluding carboxylic acids is 1. The monoisotopic (exact) mass is 492 g/mol. The summed E-state index contributed by atoms with van der Waals surface area (Å²) in [7, 11) is 0. The van der Waals surface area contributed by atoms with E-state index < -0.39 is 28.8 Å². The molecule has 1 N–H and O–H groups in total. The van der Waals surface area contributed by atoms with Crippen LogP contribution >= 0.6 is 11.6 Å². The Morgan fingerprint density at radius 3 is 2.29 bits per heavy atom. The summed E-state index contributed by atoms with van der Waals surface area (Å²) >= 11 is 5.96. The number of nitrogens with one attached hydrogen (secondary N) is 1. The Morgan fingerprint density at radius 1 is 1.09 bits per heavy atom. The molecule has 180 valence electrons. The standard InChI is InChI=1S/C24H24ClF3N4O2/c1-23(2,18-5-3-4-6-19(18)24(26,27)28)14-29-20(33)13-31-22(34)32(17-11-12-17)21(30-31)15-7-9-16(25)10-8-15/h3-10,17H,11-14H2,1-2H3,(H,29,33). The minimum atomic E-state index is -4.50. The van der Waals surface area contributed by atoms with Crippen molar-refractivity contribution < 1.29 is 18.0 Å². The highest BCUT2D eigenvalue weighted by Crippen LogP contribution is 2.38. The largest absolute Gasteiger partial charge is 0.416 e. The Morgan fingerprint density at radius 2 is 1.71 bits per heavy atom. The van der Waals surface area contributed by atoms with E-state index in [-0.39, 0.29) is 24.7 Å². The number of nitrogens with zero attached hydrogens (tertiary/aromatic N) is 3. The average molecular weight is 493 g/mol. The molecule has 1 aliphatic carbocycles. The highest BCUT2D eigenvalue weighted by Gasteiger charge is 2.37. The number of benzene rings is 2. The first-order valence-electron chi connectivity index (χ1n) is 10.9. The third-order valence-electron chi connectivity index (χ3n) is 5.87. The fourth-order valence-corrected chi connectivity index (χ4v) is 4.03. The van der Waals surface area contributed by atoms with Crippen LogP contribution in [0.15, 0.2) is 53.3 Å². The molecular weight excluding hydrogens is 469 g/mol. The van der Waals surface area contributed by atoms with Gasteiger partial charge in [0.15, 0.2) is 5.82 Å². The first-order chi connectivity index (χ1) is 16.0. The van der Waals surface area contributed by atoms with Crippen molar-refractivity contribution in [1.82, 2.24) is 19.7 Å². The summed E-state index contributed by atoms with van der Waals surface area (Å²) in [5.74, 6) is -0.0563. The molecule has 4 rings (SSSR count). The predicted octanol–water partition coefficient (Wildman–Crippen LogP) is 4.81. The summed E-state index contributed by atoms with van der Waals surface area (Å²) < 4.78 is 43.0. The summed E-state index contributed by atoms with van der Waals surface area (Å²) in [6, 6.07) is 12.3. The SMILES string of the molecule is CC(C)(CNC(=O)Cn1nc(-c2ccc(Cl)cc2)n(C2CC2)c1=O)c1ccccc1C(F)(F)F. The van der Waals surface area contributed by atoms with Gasteiger partial charge in [-0.1, -0.05) is 43.6 Å². The van der Waals surface area contributed by atoms with E-state index >= 15 is 0 Å². The molecule has 0 aliphatic heterocycles. The Kier molecular flexibility index (Phi) is 6.33. The molecule has 0 unspecified atom stereocenters. The second-order valence-electron chi connectivity index (χ2n) is 9.08. The van der Waals surface area contributed by atoms with Crippen LogP contribution < -0.4 is 11.0 Å². The molecule has 1 aromatic heterocycles. The molecule has 2 aromatic carbocycles. The first-order valence-corrected chi connectivity index (χ1v) is 11.2. The van der Waals surface area contributed by atoms with Gasteiger partial charge >= 0.3 is 11.9 Å². The van der Waals surface area contributed by atoms with Gasteiger partial charge in [-0.25, -0.2) is 9.48 Å². The van der Waals surface area contributed by atoms with Crippen molar-refractivity contribution in [2.24, 2.45) is 0 Å². The number of alkyl halides is 3. The number of halogens is 4. The Bertz CT molecular complexity index is 1260. The quantitative estimate of drug-likeness (QED) is 0.514. The van der Waals surface area contributed by atoms with Crippen LogP contribution in [0, 0.1) is 0 Å². The molecule has 0 spiro atoms. The van der Waals surface area contributed by atoms with Crippen LogP contribution in [-0.2, 0) is 22.9 Å². The van der Waals surface area contributed by atoms with Crippen LogP contribution in [0.2, 0.25) is 5.02 Å². The van der Waals surface area contributed by atoms with E-state index in [0.29, 0.717) is 16.4 Å². The Hall–Kier alpha value is -3.07. The van der Waals surface area contributed by atoms with E-state index in [1.807, 2.05) is 0 Å². The minimum Gasteiger partial charge on any atom is -0.354 e. The molecule has 3 aromatic rings. The minimum absolute atomic E-state index is 0.0350. The number of hydrogen-bond acceptors (Lipinski definition) is 3. The van der Waals surface area contributed by atoms with Crippen LogP contribution in [0.25, 0.3) is 11.4 Å². The lowest BCUT2D eigenvalue weighted by Crippen LogP contribution is -2.40. The molecule has 0 radical (unpaired) electrons. The van der Waals surface area contributed by atoms with E-state index in [9.17, 15) is 22.8 Å². The predicted molar refractivity (Wildman–Crippen MR) is 123 cm³/mol. The highest BCUT2D eigenvalue weighted by molar-refractivity contribution is 6.30. The van der Waals surface area contributed by atoms with Crippen LogP contribution in [-0.4, -0.2) is 26.8 Å². The highest BCUT2D eigenvalue weighted by atomic mass is 35.5. The molecule has 1 aliphatic rings. The van der Waals surface area contributed by atoms with Gasteiger partial charge in [0.25, 0.3) is 0 Å². The molecule has 1 heterocycles. The zero-order valence-corrected chi connectivity index (χ0v) is 19.5. The normalized spacial score (nSPS) is 14.3. The Labute approximate surface area is 199 Å². The van der Waals surface area contributed by atoms with Gasteiger partial charge in [0, 0.05) is 28.6 Å². The number of carbonyl (C=O) groups is 1. The lowest BCUT2D eigenvalue weighted by atomic mass is 9.81. The molecule has 0 atom stereocenters. The smallest absolute Gasteiger partial charge is 0.354 e. The molecule has 10 heteroatoms. The molecule has 1 amide bonds. The van der Waals surface area contributed by atoms with E-state index in [0.717, 1.165) is 23.6 Å².